The van der Waals surface area contributed by atoms with Gasteiger partial charge in [0.05, 0.1) is 11.1 Å². The van der Waals surface area contributed by atoms with E-state index in [2.05, 4.69) is 0 Å². The molecule has 1 amide bonds. The summed E-state index contributed by atoms with van der Waals surface area (Å²) in [6, 6.07) is 4.02. The Balaban J connectivity index is 2.69. The van der Waals surface area contributed by atoms with E-state index in [9.17, 15) is 14.4 Å². The number of nitrogens with zero attached hydrogens (tertiary/aromatic N) is 1. The summed E-state index contributed by atoms with van der Waals surface area (Å²) in [6.45, 7) is 5.76. The van der Waals surface area contributed by atoms with Gasteiger partial charge in [-0.2, -0.15) is 0 Å². The first-order valence-corrected chi connectivity index (χ1v) is 7.54. The second-order valence-electron chi connectivity index (χ2n) is 6.53. The monoisotopic (exact) mass is 337 g/mol. The zero-order valence-corrected chi connectivity index (χ0v) is 14.3. The molecule has 0 radical (unpaired) electrons. The number of rotatable bonds is 6. The highest BCUT2D eigenvalue weighted by Gasteiger charge is 2.19. The Labute approximate surface area is 140 Å². The molecule has 0 aromatic heterocycles. The van der Waals surface area contributed by atoms with Crippen molar-refractivity contribution in [1.29, 1.82) is 0 Å². The van der Waals surface area contributed by atoms with E-state index in [1.54, 1.807) is 27.8 Å². The first-order valence-electron chi connectivity index (χ1n) is 7.54. The average molecular weight is 337 g/mol. The van der Waals surface area contributed by atoms with Crippen LogP contribution in [0.25, 0.3) is 0 Å². The summed E-state index contributed by atoms with van der Waals surface area (Å²) in [5.74, 6) is -2.35. The molecule has 0 unspecified atom stereocenters. The number of hydrogen-bond acceptors (Lipinski definition) is 4. The van der Waals surface area contributed by atoms with Gasteiger partial charge in [0.15, 0.2) is 0 Å². The number of carbonyl (C=O) groups excluding carboxylic acids is 1. The van der Waals surface area contributed by atoms with Crippen molar-refractivity contribution in [2.45, 2.75) is 39.2 Å². The van der Waals surface area contributed by atoms with Crippen molar-refractivity contribution in [3.63, 3.8) is 0 Å². The number of aryl methyl sites for hydroxylation is 1. The van der Waals surface area contributed by atoms with Crippen molar-refractivity contribution in [3.05, 3.63) is 34.9 Å². The summed E-state index contributed by atoms with van der Waals surface area (Å²) >= 11 is 0. The number of ether oxygens (including phenoxy) is 1. The number of carboxylic acids is 2. The SMILES string of the molecule is CN(CCCc1cc(C(=O)O)cc(C(=O)O)c1)C(=O)OC(C)(C)C. The zero-order valence-electron chi connectivity index (χ0n) is 14.3. The number of hydrogen-bond donors (Lipinski definition) is 2. The van der Waals surface area contributed by atoms with Crippen molar-refractivity contribution in [1.82, 2.24) is 4.90 Å². The molecule has 0 spiro atoms. The van der Waals surface area contributed by atoms with E-state index in [0.717, 1.165) is 6.07 Å². The number of carboxylic acid groups (broad SMARTS) is 2. The van der Waals surface area contributed by atoms with Crippen LogP contribution in [0.5, 0.6) is 0 Å². The third-order valence-electron chi connectivity index (χ3n) is 3.15. The fourth-order valence-corrected chi connectivity index (χ4v) is 2.03. The molecule has 7 heteroatoms. The predicted molar refractivity (Wildman–Crippen MR) is 87.5 cm³/mol. The Kier molecular flexibility index (Phi) is 6.34. The van der Waals surface area contributed by atoms with Crippen LogP contribution in [-0.4, -0.2) is 52.3 Å². The van der Waals surface area contributed by atoms with E-state index < -0.39 is 23.6 Å². The van der Waals surface area contributed by atoms with E-state index in [4.69, 9.17) is 14.9 Å². The van der Waals surface area contributed by atoms with E-state index in [1.165, 1.54) is 17.0 Å². The highest BCUT2D eigenvalue weighted by atomic mass is 16.6. The standard InChI is InChI=1S/C17H23NO6/c1-17(2,3)24-16(23)18(4)7-5-6-11-8-12(14(19)20)10-13(9-11)15(21)22/h8-10H,5-7H2,1-4H3,(H,19,20)(H,21,22). The number of aromatic carboxylic acids is 2. The van der Waals surface area contributed by atoms with Gasteiger partial charge >= 0.3 is 18.0 Å². The van der Waals surface area contributed by atoms with Gasteiger partial charge in [-0.15, -0.1) is 0 Å². The lowest BCUT2D eigenvalue weighted by atomic mass is 10.0. The smallest absolute Gasteiger partial charge is 0.410 e. The van der Waals surface area contributed by atoms with Crippen LogP contribution in [0.3, 0.4) is 0 Å². The quantitative estimate of drug-likeness (QED) is 0.827. The van der Waals surface area contributed by atoms with Crippen LogP contribution in [0.4, 0.5) is 4.79 Å². The van der Waals surface area contributed by atoms with Crippen LogP contribution in [-0.2, 0) is 11.2 Å². The van der Waals surface area contributed by atoms with E-state index in [-0.39, 0.29) is 11.1 Å². The fourth-order valence-electron chi connectivity index (χ4n) is 2.03. The normalized spacial score (nSPS) is 11.0. The molecule has 0 saturated carbocycles. The lowest BCUT2D eigenvalue weighted by Gasteiger charge is -2.24. The fraction of sp³-hybridized carbons (Fsp3) is 0.471. The van der Waals surface area contributed by atoms with Crippen molar-refractivity contribution in [3.8, 4) is 0 Å². The maximum absolute atomic E-state index is 11.8. The van der Waals surface area contributed by atoms with E-state index in [1.807, 2.05) is 0 Å². The van der Waals surface area contributed by atoms with Crippen molar-refractivity contribution >= 4 is 18.0 Å². The van der Waals surface area contributed by atoms with Gasteiger partial charge < -0.3 is 19.8 Å². The Morgan fingerprint density at radius 3 is 1.96 bits per heavy atom. The second kappa shape index (κ2) is 7.81. The van der Waals surface area contributed by atoms with E-state index >= 15 is 0 Å². The molecule has 2 N–H and O–H groups in total. The maximum Gasteiger partial charge on any atom is 0.410 e. The largest absolute Gasteiger partial charge is 0.478 e. The third-order valence-corrected chi connectivity index (χ3v) is 3.15. The Morgan fingerprint density at radius 1 is 1.04 bits per heavy atom. The summed E-state index contributed by atoms with van der Waals surface area (Å²) < 4.78 is 5.23. The summed E-state index contributed by atoms with van der Waals surface area (Å²) in [5, 5.41) is 18.1. The van der Waals surface area contributed by atoms with Crippen molar-refractivity contribution in [2.24, 2.45) is 0 Å². The lowest BCUT2D eigenvalue weighted by molar-refractivity contribution is 0.0297. The molecular formula is C17H23NO6. The highest BCUT2D eigenvalue weighted by molar-refractivity contribution is 5.94. The zero-order chi connectivity index (χ0) is 18.5. The molecule has 1 rings (SSSR count). The lowest BCUT2D eigenvalue weighted by Crippen LogP contribution is -2.34. The molecule has 0 aliphatic carbocycles. The minimum Gasteiger partial charge on any atom is -0.478 e. The second-order valence-corrected chi connectivity index (χ2v) is 6.53. The Hall–Kier alpha value is -2.57. The molecule has 1 aromatic rings. The molecule has 0 aliphatic heterocycles. The van der Waals surface area contributed by atoms with Gasteiger partial charge in [0.25, 0.3) is 0 Å². The molecule has 0 atom stereocenters. The highest BCUT2D eigenvalue weighted by Crippen LogP contribution is 2.14. The van der Waals surface area contributed by atoms with Crippen LogP contribution >= 0.6 is 0 Å². The van der Waals surface area contributed by atoms with Gasteiger partial charge in [-0.3, -0.25) is 0 Å². The average Bonchev–Trinajstić information content (AvgIpc) is 2.44. The molecule has 24 heavy (non-hydrogen) atoms. The third kappa shape index (κ3) is 6.28. The molecule has 132 valence electrons. The topological polar surface area (TPSA) is 104 Å². The Bertz CT molecular complexity index is 600. The summed E-state index contributed by atoms with van der Waals surface area (Å²) in [7, 11) is 1.62. The van der Waals surface area contributed by atoms with Gasteiger partial charge in [-0.1, -0.05) is 0 Å². The summed E-state index contributed by atoms with van der Waals surface area (Å²) in [4.78, 5) is 35.4. The Morgan fingerprint density at radius 2 is 1.54 bits per heavy atom. The molecule has 0 saturated heterocycles. The molecule has 0 bridgehead atoms. The van der Waals surface area contributed by atoms with Crippen LogP contribution in [0.15, 0.2) is 18.2 Å². The van der Waals surface area contributed by atoms with Crippen LogP contribution in [0.2, 0.25) is 0 Å². The molecule has 0 heterocycles. The predicted octanol–water partition coefficient (Wildman–Crippen LogP) is 2.88. The first-order chi connectivity index (χ1) is 11.0. The molecule has 1 aromatic carbocycles. The number of carbonyl (C=O) groups is 3. The molecule has 7 nitrogen and oxygen atoms in total. The minimum atomic E-state index is -1.18. The molecular weight excluding hydrogens is 314 g/mol. The van der Waals surface area contributed by atoms with Gasteiger partial charge in [0.1, 0.15) is 5.60 Å². The van der Waals surface area contributed by atoms with Crippen LogP contribution in [0, 0.1) is 0 Å². The molecule has 0 aliphatic rings. The van der Waals surface area contributed by atoms with Gasteiger partial charge in [0, 0.05) is 13.6 Å². The van der Waals surface area contributed by atoms with Gasteiger partial charge in [-0.25, -0.2) is 14.4 Å². The van der Waals surface area contributed by atoms with Gasteiger partial charge in [-0.05, 0) is 57.4 Å². The van der Waals surface area contributed by atoms with E-state index in [0.29, 0.717) is 24.9 Å². The number of amides is 1. The maximum atomic E-state index is 11.8. The first kappa shape index (κ1) is 19.5. The van der Waals surface area contributed by atoms with Gasteiger partial charge in [0.2, 0.25) is 0 Å². The summed E-state index contributed by atoms with van der Waals surface area (Å²) in [6.07, 6.45) is 0.569. The molecule has 0 fully saturated rings. The number of benzene rings is 1. The van der Waals surface area contributed by atoms with Crippen LogP contribution in [0.1, 0.15) is 53.5 Å². The summed E-state index contributed by atoms with van der Waals surface area (Å²) in [5.41, 5.74) is -0.0990. The van der Waals surface area contributed by atoms with Crippen LogP contribution < -0.4 is 0 Å². The minimum absolute atomic E-state index is 0.0644. The van der Waals surface area contributed by atoms with Crippen molar-refractivity contribution in [2.75, 3.05) is 13.6 Å². The van der Waals surface area contributed by atoms with Crippen molar-refractivity contribution < 1.29 is 29.3 Å².